The Bertz CT molecular complexity index is 333. The molecule has 1 aliphatic heterocycles. The van der Waals surface area contributed by atoms with Crippen LogP contribution < -0.4 is 5.73 Å². The van der Waals surface area contributed by atoms with Crippen molar-refractivity contribution in [3.05, 3.63) is 0 Å². The van der Waals surface area contributed by atoms with E-state index in [-0.39, 0.29) is 0 Å². The fourth-order valence-corrected chi connectivity index (χ4v) is 4.98. The lowest BCUT2D eigenvalue weighted by Crippen LogP contribution is -2.59. The second-order valence-electron chi connectivity index (χ2n) is 9.09. The average Bonchev–Trinajstić information content (AvgIpc) is 2.61. The zero-order chi connectivity index (χ0) is 15.7. The van der Waals surface area contributed by atoms with Gasteiger partial charge in [-0.2, -0.15) is 0 Å². The highest BCUT2D eigenvalue weighted by Crippen LogP contribution is 2.43. The quantitative estimate of drug-likeness (QED) is 0.763. The topological polar surface area (TPSA) is 29.3 Å². The SMILES string of the molecule is CC1CCN(C2(CN)CCCC(C(C)(C)C)CC2)C(C)C1. The molecule has 2 N–H and O–H groups in total. The minimum atomic E-state index is 0.291. The Morgan fingerprint density at radius 1 is 1.10 bits per heavy atom. The molecule has 0 radical (unpaired) electrons. The summed E-state index contributed by atoms with van der Waals surface area (Å²) >= 11 is 0. The number of rotatable bonds is 2. The zero-order valence-electron chi connectivity index (χ0n) is 15.1. The van der Waals surface area contributed by atoms with Gasteiger partial charge in [-0.1, -0.05) is 34.1 Å². The third-order valence-corrected chi connectivity index (χ3v) is 6.51. The number of hydrogen-bond acceptors (Lipinski definition) is 2. The molecule has 1 heterocycles. The van der Waals surface area contributed by atoms with Gasteiger partial charge in [-0.05, 0) is 69.2 Å². The van der Waals surface area contributed by atoms with Gasteiger partial charge in [0.15, 0.2) is 0 Å². The summed E-state index contributed by atoms with van der Waals surface area (Å²) in [5, 5.41) is 0. The first kappa shape index (κ1) is 17.3. The highest BCUT2D eigenvalue weighted by Gasteiger charge is 2.42. The van der Waals surface area contributed by atoms with Crippen LogP contribution in [0.25, 0.3) is 0 Å². The summed E-state index contributed by atoms with van der Waals surface area (Å²) in [5.41, 5.74) is 7.09. The van der Waals surface area contributed by atoms with Gasteiger partial charge in [0, 0.05) is 18.1 Å². The molecule has 2 fully saturated rings. The lowest BCUT2D eigenvalue weighted by Gasteiger charge is -2.50. The van der Waals surface area contributed by atoms with Crippen molar-refractivity contribution in [1.29, 1.82) is 0 Å². The lowest BCUT2D eigenvalue weighted by molar-refractivity contribution is 0.00328. The molecule has 0 bridgehead atoms. The molecule has 1 aliphatic carbocycles. The van der Waals surface area contributed by atoms with Crippen molar-refractivity contribution >= 4 is 0 Å². The van der Waals surface area contributed by atoms with E-state index in [0.29, 0.717) is 17.0 Å². The summed E-state index contributed by atoms with van der Waals surface area (Å²) in [6, 6.07) is 0.712. The number of piperidine rings is 1. The fraction of sp³-hybridized carbons (Fsp3) is 1.00. The first-order valence-corrected chi connectivity index (χ1v) is 9.25. The van der Waals surface area contributed by atoms with Gasteiger partial charge >= 0.3 is 0 Å². The molecule has 2 heteroatoms. The van der Waals surface area contributed by atoms with Gasteiger partial charge in [-0.3, -0.25) is 4.90 Å². The number of nitrogens with two attached hydrogens (primary N) is 1. The van der Waals surface area contributed by atoms with Crippen molar-refractivity contribution in [1.82, 2.24) is 4.90 Å². The van der Waals surface area contributed by atoms with Crippen molar-refractivity contribution < 1.29 is 0 Å². The molecule has 124 valence electrons. The Morgan fingerprint density at radius 2 is 1.81 bits per heavy atom. The molecule has 4 unspecified atom stereocenters. The zero-order valence-corrected chi connectivity index (χ0v) is 15.1. The van der Waals surface area contributed by atoms with Crippen LogP contribution in [0, 0.1) is 17.3 Å². The molecule has 21 heavy (non-hydrogen) atoms. The van der Waals surface area contributed by atoms with Gasteiger partial charge in [0.1, 0.15) is 0 Å². The molecular weight excluding hydrogens is 256 g/mol. The lowest BCUT2D eigenvalue weighted by atomic mass is 9.75. The van der Waals surface area contributed by atoms with Gasteiger partial charge in [0.2, 0.25) is 0 Å². The van der Waals surface area contributed by atoms with Crippen LogP contribution in [0.1, 0.15) is 79.6 Å². The number of hydrogen-bond donors (Lipinski definition) is 1. The molecular formula is C19H38N2. The smallest absolute Gasteiger partial charge is 0.0334 e. The minimum absolute atomic E-state index is 0.291. The molecule has 0 aromatic rings. The van der Waals surface area contributed by atoms with E-state index in [4.69, 9.17) is 5.73 Å². The Labute approximate surface area is 132 Å². The van der Waals surface area contributed by atoms with Crippen molar-refractivity contribution in [2.24, 2.45) is 23.0 Å². The Balaban J connectivity index is 2.11. The number of nitrogens with zero attached hydrogens (tertiary/aromatic N) is 1. The van der Waals surface area contributed by atoms with Gasteiger partial charge in [-0.15, -0.1) is 0 Å². The molecule has 0 aromatic heterocycles. The first-order chi connectivity index (χ1) is 9.78. The third kappa shape index (κ3) is 3.82. The van der Waals surface area contributed by atoms with E-state index in [0.717, 1.165) is 18.4 Å². The van der Waals surface area contributed by atoms with E-state index in [1.165, 1.54) is 51.5 Å². The fourth-order valence-electron chi connectivity index (χ4n) is 4.98. The highest BCUT2D eigenvalue weighted by atomic mass is 15.2. The maximum atomic E-state index is 6.35. The Kier molecular flexibility index (Phi) is 5.41. The van der Waals surface area contributed by atoms with Crippen LogP contribution in [-0.2, 0) is 0 Å². The summed E-state index contributed by atoms with van der Waals surface area (Å²) in [4.78, 5) is 2.80. The summed E-state index contributed by atoms with van der Waals surface area (Å²) in [6.07, 6.45) is 9.44. The molecule has 1 saturated heterocycles. The van der Waals surface area contributed by atoms with E-state index in [2.05, 4.69) is 39.5 Å². The third-order valence-electron chi connectivity index (χ3n) is 6.51. The molecule has 2 aliphatic rings. The Hall–Kier alpha value is -0.0800. The second-order valence-corrected chi connectivity index (χ2v) is 9.09. The average molecular weight is 295 g/mol. The maximum Gasteiger partial charge on any atom is 0.0334 e. The molecule has 0 spiro atoms. The minimum Gasteiger partial charge on any atom is -0.329 e. The summed E-state index contributed by atoms with van der Waals surface area (Å²) in [5.74, 6) is 1.75. The molecule has 1 saturated carbocycles. The van der Waals surface area contributed by atoms with E-state index < -0.39 is 0 Å². The Morgan fingerprint density at radius 3 is 2.38 bits per heavy atom. The maximum absolute atomic E-state index is 6.35. The van der Waals surface area contributed by atoms with E-state index in [9.17, 15) is 0 Å². The summed E-state index contributed by atoms with van der Waals surface area (Å²) < 4.78 is 0. The summed E-state index contributed by atoms with van der Waals surface area (Å²) in [6.45, 7) is 14.2. The van der Waals surface area contributed by atoms with Crippen LogP contribution in [0.2, 0.25) is 0 Å². The van der Waals surface area contributed by atoms with Crippen LogP contribution in [0.5, 0.6) is 0 Å². The van der Waals surface area contributed by atoms with Crippen LogP contribution in [0.15, 0.2) is 0 Å². The molecule has 4 atom stereocenters. The van der Waals surface area contributed by atoms with Gasteiger partial charge in [-0.25, -0.2) is 0 Å². The molecule has 0 amide bonds. The van der Waals surface area contributed by atoms with Crippen molar-refractivity contribution in [2.75, 3.05) is 13.1 Å². The normalized spacial score (nSPS) is 40.0. The van der Waals surface area contributed by atoms with Crippen molar-refractivity contribution in [2.45, 2.75) is 91.1 Å². The molecule has 2 nitrogen and oxygen atoms in total. The van der Waals surface area contributed by atoms with Gasteiger partial charge in [0.05, 0.1) is 0 Å². The largest absolute Gasteiger partial charge is 0.329 e. The van der Waals surface area contributed by atoms with E-state index in [1.807, 2.05) is 0 Å². The molecule has 0 aromatic carbocycles. The van der Waals surface area contributed by atoms with E-state index >= 15 is 0 Å². The summed E-state index contributed by atoms with van der Waals surface area (Å²) in [7, 11) is 0. The van der Waals surface area contributed by atoms with Gasteiger partial charge < -0.3 is 5.73 Å². The second kappa shape index (κ2) is 6.58. The highest BCUT2D eigenvalue weighted by molar-refractivity contribution is 4.98. The predicted molar refractivity (Wildman–Crippen MR) is 92.4 cm³/mol. The van der Waals surface area contributed by atoms with Crippen LogP contribution in [0.3, 0.4) is 0 Å². The van der Waals surface area contributed by atoms with Crippen LogP contribution >= 0.6 is 0 Å². The van der Waals surface area contributed by atoms with Gasteiger partial charge in [0.25, 0.3) is 0 Å². The predicted octanol–water partition coefficient (Wildman–Crippen LogP) is 4.43. The standard InChI is InChI=1S/C19H38N2/c1-15-9-12-21(16(2)13-15)19(14-20)10-6-7-17(8-11-19)18(3,4)5/h15-17H,6-14,20H2,1-5H3. The van der Waals surface area contributed by atoms with Crippen molar-refractivity contribution in [3.8, 4) is 0 Å². The van der Waals surface area contributed by atoms with Crippen molar-refractivity contribution in [3.63, 3.8) is 0 Å². The molecule has 2 rings (SSSR count). The number of likely N-dealkylation sites (tertiary alicyclic amines) is 1. The van der Waals surface area contributed by atoms with Crippen LogP contribution in [0.4, 0.5) is 0 Å². The van der Waals surface area contributed by atoms with E-state index in [1.54, 1.807) is 0 Å². The first-order valence-electron chi connectivity index (χ1n) is 9.25. The monoisotopic (exact) mass is 294 g/mol. The van der Waals surface area contributed by atoms with Crippen LogP contribution in [-0.4, -0.2) is 29.6 Å².